The van der Waals surface area contributed by atoms with E-state index in [4.69, 9.17) is 15.2 Å². The third kappa shape index (κ3) is 1.88. The number of nitrogen functional groups attached to an aromatic ring is 1. The van der Waals surface area contributed by atoms with Gasteiger partial charge >= 0.3 is 0 Å². The van der Waals surface area contributed by atoms with Gasteiger partial charge in [-0.25, -0.2) is 4.98 Å². The standard InChI is InChI=1S/C15H21N3O2/c1-9(10-5-4-6-10)18-12-8-14(20-3)13(19-2)7-11(12)17-15(18)16/h7-10H,4-6H2,1-3H3,(H2,16,17). The quantitative estimate of drug-likeness (QED) is 0.931. The van der Waals surface area contributed by atoms with E-state index < -0.39 is 0 Å². The Kier molecular flexibility index (Phi) is 3.20. The number of nitrogens with two attached hydrogens (primary N) is 1. The number of ether oxygens (including phenoxy) is 2. The second-order valence-corrected chi connectivity index (χ2v) is 5.47. The Balaban J connectivity index is 2.13. The predicted octanol–water partition coefficient (Wildman–Crippen LogP) is 3.00. The molecule has 2 N–H and O–H groups in total. The lowest BCUT2D eigenvalue weighted by Crippen LogP contribution is -2.23. The maximum absolute atomic E-state index is 6.12. The molecule has 5 heteroatoms. The molecule has 0 saturated heterocycles. The monoisotopic (exact) mass is 275 g/mol. The van der Waals surface area contributed by atoms with Gasteiger partial charge in [-0.1, -0.05) is 6.42 Å². The van der Waals surface area contributed by atoms with Crippen molar-refractivity contribution < 1.29 is 9.47 Å². The van der Waals surface area contributed by atoms with Gasteiger partial charge in [0.25, 0.3) is 0 Å². The molecule has 1 atom stereocenters. The van der Waals surface area contributed by atoms with E-state index in [0.717, 1.165) is 11.0 Å². The number of imidazole rings is 1. The molecule has 1 aliphatic carbocycles. The minimum Gasteiger partial charge on any atom is -0.493 e. The Hall–Kier alpha value is -1.91. The Morgan fingerprint density at radius 2 is 1.90 bits per heavy atom. The second-order valence-electron chi connectivity index (χ2n) is 5.47. The highest BCUT2D eigenvalue weighted by atomic mass is 16.5. The number of nitrogens with zero attached hydrogens (tertiary/aromatic N) is 2. The van der Waals surface area contributed by atoms with Gasteiger partial charge in [0, 0.05) is 18.2 Å². The van der Waals surface area contributed by atoms with Crippen molar-refractivity contribution in [3.05, 3.63) is 12.1 Å². The van der Waals surface area contributed by atoms with Gasteiger partial charge in [-0.3, -0.25) is 0 Å². The molecule has 0 amide bonds. The van der Waals surface area contributed by atoms with Crippen molar-refractivity contribution in [1.82, 2.24) is 9.55 Å². The van der Waals surface area contributed by atoms with E-state index in [1.807, 2.05) is 12.1 Å². The van der Waals surface area contributed by atoms with Gasteiger partial charge in [0.2, 0.25) is 5.95 Å². The summed E-state index contributed by atoms with van der Waals surface area (Å²) < 4.78 is 12.8. The largest absolute Gasteiger partial charge is 0.493 e. The fraction of sp³-hybridized carbons (Fsp3) is 0.533. The number of hydrogen-bond donors (Lipinski definition) is 1. The SMILES string of the molecule is COc1cc2nc(N)n(C(C)C3CCC3)c2cc1OC. The summed E-state index contributed by atoms with van der Waals surface area (Å²) in [6, 6.07) is 4.22. The number of rotatable bonds is 4. The minimum absolute atomic E-state index is 0.367. The van der Waals surface area contributed by atoms with Crippen molar-refractivity contribution in [2.75, 3.05) is 20.0 Å². The Bertz CT molecular complexity index is 632. The lowest BCUT2D eigenvalue weighted by molar-refractivity contribution is 0.227. The molecule has 0 spiro atoms. The molecule has 1 heterocycles. The van der Waals surface area contributed by atoms with Gasteiger partial charge in [-0.2, -0.15) is 0 Å². The molecule has 20 heavy (non-hydrogen) atoms. The van der Waals surface area contributed by atoms with Crippen molar-refractivity contribution in [2.45, 2.75) is 32.2 Å². The maximum Gasteiger partial charge on any atom is 0.201 e. The molecule has 1 aliphatic rings. The molecular weight excluding hydrogens is 254 g/mol. The molecule has 5 nitrogen and oxygen atoms in total. The summed E-state index contributed by atoms with van der Waals surface area (Å²) in [5.74, 6) is 2.65. The predicted molar refractivity (Wildman–Crippen MR) is 79.3 cm³/mol. The summed E-state index contributed by atoms with van der Waals surface area (Å²) in [5, 5.41) is 0. The number of anilines is 1. The average Bonchev–Trinajstić information content (AvgIpc) is 2.69. The summed E-state index contributed by atoms with van der Waals surface area (Å²) in [6.45, 7) is 2.22. The normalized spacial score (nSPS) is 16.9. The van der Waals surface area contributed by atoms with E-state index in [0.29, 0.717) is 29.4 Å². The zero-order valence-electron chi connectivity index (χ0n) is 12.2. The molecule has 1 fully saturated rings. The van der Waals surface area contributed by atoms with Crippen molar-refractivity contribution in [3.8, 4) is 11.5 Å². The molecular formula is C15H21N3O2. The first-order valence-electron chi connectivity index (χ1n) is 7.05. The number of benzene rings is 1. The van der Waals surface area contributed by atoms with Crippen LogP contribution in [0.4, 0.5) is 5.95 Å². The highest BCUT2D eigenvalue weighted by Crippen LogP contribution is 2.40. The van der Waals surface area contributed by atoms with E-state index in [-0.39, 0.29) is 0 Å². The van der Waals surface area contributed by atoms with Gasteiger partial charge in [-0.15, -0.1) is 0 Å². The van der Waals surface area contributed by atoms with Gasteiger partial charge < -0.3 is 19.8 Å². The van der Waals surface area contributed by atoms with Crippen molar-refractivity contribution in [2.24, 2.45) is 5.92 Å². The molecule has 1 aromatic heterocycles. The molecule has 0 aliphatic heterocycles. The van der Waals surface area contributed by atoms with Crippen LogP contribution in [-0.2, 0) is 0 Å². The van der Waals surface area contributed by atoms with Crippen LogP contribution in [0, 0.1) is 5.92 Å². The highest BCUT2D eigenvalue weighted by Gasteiger charge is 2.28. The first kappa shape index (κ1) is 13.1. The second kappa shape index (κ2) is 4.89. The van der Waals surface area contributed by atoms with E-state index in [1.54, 1.807) is 14.2 Å². The van der Waals surface area contributed by atoms with Gasteiger partial charge in [-0.05, 0) is 25.7 Å². The third-order valence-corrected chi connectivity index (χ3v) is 4.46. The molecule has 0 bridgehead atoms. The number of methoxy groups -OCH3 is 2. The zero-order chi connectivity index (χ0) is 14.3. The van der Waals surface area contributed by atoms with E-state index in [2.05, 4.69) is 16.5 Å². The molecule has 1 saturated carbocycles. The van der Waals surface area contributed by atoms with Crippen LogP contribution >= 0.6 is 0 Å². The van der Waals surface area contributed by atoms with Crippen molar-refractivity contribution in [1.29, 1.82) is 0 Å². The van der Waals surface area contributed by atoms with Gasteiger partial charge in [0.1, 0.15) is 0 Å². The molecule has 108 valence electrons. The first-order chi connectivity index (χ1) is 9.65. The summed E-state index contributed by atoms with van der Waals surface area (Å²) in [6.07, 6.45) is 3.86. The van der Waals surface area contributed by atoms with Gasteiger partial charge in [0.05, 0.1) is 25.3 Å². The van der Waals surface area contributed by atoms with Crippen LogP contribution in [0.25, 0.3) is 11.0 Å². The first-order valence-corrected chi connectivity index (χ1v) is 7.05. The summed E-state index contributed by atoms with van der Waals surface area (Å²) in [7, 11) is 3.27. The average molecular weight is 275 g/mol. The zero-order valence-corrected chi connectivity index (χ0v) is 12.2. The lowest BCUT2D eigenvalue weighted by atomic mass is 9.80. The Morgan fingerprint density at radius 1 is 1.25 bits per heavy atom. The van der Waals surface area contributed by atoms with E-state index in [9.17, 15) is 0 Å². The Labute approximate surface area is 118 Å². The fourth-order valence-electron chi connectivity index (χ4n) is 3.00. The fourth-order valence-corrected chi connectivity index (χ4v) is 3.00. The van der Waals surface area contributed by atoms with Crippen LogP contribution in [0.15, 0.2) is 12.1 Å². The van der Waals surface area contributed by atoms with Crippen molar-refractivity contribution >= 4 is 17.0 Å². The molecule has 3 rings (SSSR count). The summed E-state index contributed by atoms with van der Waals surface area (Å²) >= 11 is 0. The minimum atomic E-state index is 0.367. The van der Waals surface area contributed by atoms with Gasteiger partial charge in [0.15, 0.2) is 11.5 Å². The number of hydrogen-bond acceptors (Lipinski definition) is 4. The topological polar surface area (TPSA) is 62.3 Å². The summed E-state index contributed by atoms with van der Waals surface area (Å²) in [4.78, 5) is 4.46. The molecule has 1 aromatic carbocycles. The van der Waals surface area contributed by atoms with Crippen LogP contribution in [0.1, 0.15) is 32.2 Å². The summed E-state index contributed by atoms with van der Waals surface area (Å²) in [5.41, 5.74) is 7.99. The molecule has 0 radical (unpaired) electrons. The van der Waals surface area contributed by atoms with Crippen LogP contribution in [0.2, 0.25) is 0 Å². The van der Waals surface area contributed by atoms with Crippen molar-refractivity contribution in [3.63, 3.8) is 0 Å². The number of aromatic nitrogens is 2. The smallest absolute Gasteiger partial charge is 0.201 e. The molecule has 1 unspecified atom stereocenters. The van der Waals surface area contributed by atoms with Crippen LogP contribution in [0.5, 0.6) is 11.5 Å². The lowest BCUT2D eigenvalue weighted by Gasteiger charge is -2.33. The van der Waals surface area contributed by atoms with Crippen LogP contribution in [0.3, 0.4) is 0 Å². The third-order valence-electron chi connectivity index (χ3n) is 4.46. The maximum atomic E-state index is 6.12. The van der Waals surface area contributed by atoms with Crippen LogP contribution < -0.4 is 15.2 Å². The van der Waals surface area contributed by atoms with Crippen LogP contribution in [-0.4, -0.2) is 23.8 Å². The number of fused-ring (bicyclic) bond motifs is 1. The van der Waals surface area contributed by atoms with E-state index >= 15 is 0 Å². The Morgan fingerprint density at radius 3 is 2.45 bits per heavy atom. The van der Waals surface area contributed by atoms with E-state index in [1.165, 1.54) is 19.3 Å². The highest BCUT2D eigenvalue weighted by molar-refractivity contribution is 5.82. The molecule has 2 aromatic rings.